The third kappa shape index (κ3) is 6.95. The lowest BCUT2D eigenvalue weighted by atomic mass is 9.51. The molecule has 0 unspecified atom stereocenters. The van der Waals surface area contributed by atoms with Crippen LogP contribution in [0.25, 0.3) is 11.3 Å². The van der Waals surface area contributed by atoms with Crippen molar-refractivity contribution in [2.75, 3.05) is 24.9 Å². The zero-order valence-corrected chi connectivity index (χ0v) is 29.6. The van der Waals surface area contributed by atoms with Crippen molar-refractivity contribution < 1.29 is 44.3 Å². The van der Waals surface area contributed by atoms with Gasteiger partial charge in [-0.3, -0.25) is 9.69 Å². The minimum atomic E-state index is -4.54. The van der Waals surface area contributed by atoms with Crippen molar-refractivity contribution in [3.05, 3.63) is 65.2 Å². The Morgan fingerprint density at radius 3 is 2.23 bits per heavy atom. The molecule has 1 aliphatic heterocycles. The van der Waals surface area contributed by atoms with Gasteiger partial charge >= 0.3 is 12.4 Å². The summed E-state index contributed by atoms with van der Waals surface area (Å²) in [7, 11) is -2.94. The number of aromatic nitrogens is 2. The van der Waals surface area contributed by atoms with Gasteiger partial charge in [-0.25, -0.2) is 18.1 Å². The third-order valence-corrected chi connectivity index (χ3v) is 12.6. The Morgan fingerprint density at radius 1 is 0.962 bits per heavy atom. The smallest absolute Gasteiger partial charge is 0.401 e. The molecule has 7 rings (SSSR count). The van der Waals surface area contributed by atoms with Crippen molar-refractivity contribution in [1.82, 2.24) is 19.8 Å². The molecule has 1 spiro atoms. The Morgan fingerprint density at radius 2 is 1.62 bits per heavy atom. The Kier molecular flexibility index (Phi) is 8.83. The highest BCUT2D eigenvalue weighted by Crippen LogP contribution is 2.62. The molecule has 1 atom stereocenters. The van der Waals surface area contributed by atoms with E-state index in [-0.39, 0.29) is 53.2 Å². The first-order chi connectivity index (χ1) is 24.3. The van der Waals surface area contributed by atoms with Gasteiger partial charge in [0, 0.05) is 29.3 Å². The predicted octanol–water partition coefficient (Wildman–Crippen LogP) is 7.30. The number of anilines is 1. The van der Waals surface area contributed by atoms with Gasteiger partial charge in [-0.2, -0.15) is 31.3 Å². The van der Waals surface area contributed by atoms with Gasteiger partial charge in [0.05, 0.1) is 28.6 Å². The van der Waals surface area contributed by atoms with Crippen LogP contribution >= 0.6 is 0 Å². The molecule has 9 nitrogen and oxygen atoms in total. The second-order valence-corrected chi connectivity index (χ2v) is 16.8. The quantitative estimate of drug-likeness (QED) is 0.264. The van der Waals surface area contributed by atoms with Crippen molar-refractivity contribution in [2.45, 2.75) is 94.2 Å². The van der Waals surface area contributed by atoms with Gasteiger partial charge in [0.2, 0.25) is 11.8 Å². The molecule has 4 bridgehead atoms. The molecule has 2 aromatic carbocycles. The lowest BCUT2D eigenvalue weighted by Gasteiger charge is -2.62. The highest BCUT2D eigenvalue weighted by Gasteiger charge is 2.65. The Bertz CT molecular complexity index is 1970. The van der Waals surface area contributed by atoms with Crippen LogP contribution in [0.15, 0.2) is 53.4 Å². The molecular weight excluding hydrogens is 712 g/mol. The van der Waals surface area contributed by atoms with E-state index in [9.17, 15) is 39.6 Å². The zero-order chi connectivity index (χ0) is 37.4. The number of carbonyl (C=O) groups is 1. The first kappa shape index (κ1) is 36.4. The number of amides is 1. The van der Waals surface area contributed by atoms with E-state index in [1.807, 2.05) is 32.0 Å². The molecule has 280 valence electrons. The van der Waals surface area contributed by atoms with Crippen molar-refractivity contribution in [1.29, 1.82) is 0 Å². The van der Waals surface area contributed by atoms with E-state index >= 15 is 0 Å². The largest absolute Gasteiger partial charge is 0.475 e. The molecule has 16 heteroatoms. The molecule has 4 aliphatic rings. The topological polar surface area (TPSA) is 105 Å². The highest BCUT2D eigenvalue weighted by molar-refractivity contribution is 7.92. The molecular formula is C36H39F6N5O4S. The summed E-state index contributed by atoms with van der Waals surface area (Å²) in [5.41, 5.74) is 0.289. The normalized spacial score (nSPS) is 26.6. The molecule has 3 fully saturated rings. The lowest BCUT2D eigenvalue weighted by Crippen LogP contribution is -2.64. The number of nitrogens with one attached hydrogen (secondary N) is 1. The Labute approximate surface area is 297 Å². The number of fused-ring (bicyclic) bond motifs is 4. The fraction of sp³-hybridized carbons (Fsp3) is 0.528. The second kappa shape index (κ2) is 12.6. The van der Waals surface area contributed by atoms with Crippen molar-refractivity contribution in [2.24, 2.45) is 10.8 Å². The number of hydrogen-bond acceptors (Lipinski definition) is 7. The number of aryl methyl sites for hydroxylation is 2. The minimum absolute atomic E-state index is 0.0369. The Hall–Kier alpha value is -3.92. The number of ether oxygens (including phenoxy) is 1. The van der Waals surface area contributed by atoms with Crippen LogP contribution in [0.4, 0.5) is 32.3 Å². The van der Waals surface area contributed by atoms with Gasteiger partial charge in [0.15, 0.2) is 0 Å². The summed E-state index contributed by atoms with van der Waals surface area (Å²) >= 11 is 0. The average molecular weight is 752 g/mol. The van der Waals surface area contributed by atoms with E-state index in [1.165, 1.54) is 47.2 Å². The van der Waals surface area contributed by atoms with Crippen molar-refractivity contribution in [3.8, 4) is 17.1 Å². The standard InChI is InChI=1S/C36H39F6N5O4S/c1-21-6-4-7-22(2)30(21)28-13-29-44-32(43-28)45-52(49,50)27-9-5-8-23(12-27)31(48)47(26(19-51-29)18-34(10-11-34)36(40,41)42)25-16-33(17-25)14-24(15-33)46(3)20-35(37,38)39/h4-9,12-13,24-26H,10-11,14-20H2,1-3H3,(H,43,44,45)/t24-,25-,26-,33?/m1/s1. The molecule has 1 N–H and O–H groups in total. The summed E-state index contributed by atoms with van der Waals surface area (Å²) in [6.07, 6.45) is -7.84. The maximum Gasteiger partial charge on any atom is 0.401 e. The molecule has 1 amide bonds. The summed E-state index contributed by atoms with van der Waals surface area (Å²) in [5, 5.41) is 0. The molecule has 2 heterocycles. The number of rotatable bonds is 6. The van der Waals surface area contributed by atoms with Gasteiger partial charge in [0.1, 0.15) is 6.61 Å². The average Bonchev–Trinajstić information content (AvgIpc) is 3.79. The van der Waals surface area contributed by atoms with Crippen LogP contribution in [0.2, 0.25) is 0 Å². The van der Waals surface area contributed by atoms with E-state index in [4.69, 9.17) is 4.74 Å². The third-order valence-electron chi connectivity index (χ3n) is 11.3. The van der Waals surface area contributed by atoms with Gasteiger partial charge in [-0.1, -0.05) is 24.3 Å². The maximum absolute atomic E-state index is 14.5. The van der Waals surface area contributed by atoms with Gasteiger partial charge in [-0.15, -0.1) is 0 Å². The number of benzene rings is 2. The Balaban J connectivity index is 1.27. The van der Waals surface area contributed by atoms with Crippen LogP contribution < -0.4 is 9.46 Å². The second-order valence-electron chi connectivity index (χ2n) is 15.1. The number of alkyl halides is 6. The van der Waals surface area contributed by atoms with E-state index in [1.54, 1.807) is 0 Å². The van der Waals surface area contributed by atoms with Crippen molar-refractivity contribution >= 4 is 21.9 Å². The van der Waals surface area contributed by atoms with Crippen LogP contribution in [0.3, 0.4) is 0 Å². The molecule has 3 aromatic rings. The monoisotopic (exact) mass is 751 g/mol. The van der Waals surface area contributed by atoms with Crippen LogP contribution in [0.1, 0.15) is 66.4 Å². The van der Waals surface area contributed by atoms with E-state index < -0.39 is 58.7 Å². The fourth-order valence-electron chi connectivity index (χ4n) is 8.40. The number of halogens is 6. The van der Waals surface area contributed by atoms with Gasteiger partial charge in [0.25, 0.3) is 15.9 Å². The summed E-state index contributed by atoms with van der Waals surface area (Å²) in [6, 6.07) is 10.4. The summed E-state index contributed by atoms with van der Waals surface area (Å²) < 4.78 is 119. The summed E-state index contributed by atoms with van der Waals surface area (Å²) in [4.78, 5) is 25.7. The maximum atomic E-state index is 14.5. The van der Waals surface area contributed by atoms with Crippen molar-refractivity contribution in [3.63, 3.8) is 0 Å². The molecule has 3 saturated carbocycles. The van der Waals surface area contributed by atoms with Crippen LogP contribution in [0, 0.1) is 24.7 Å². The highest BCUT2D eigenvalue weighted by atomic mass is 32.2. The molecule has 0 radical (unpaired) electrons. The first-order valence-electron chi connectivity index (χ1n) is 17.1. The van der Waals surface area contributed by atoms with Crippen LogP contribution in [-0.2, 0) is 10.0 Å². The number of hydrogen-bond donors (Lipinski definition) is 1. The van der Waals surface area contributed by atoms with Gasteiger partial charge < -0.3 is 9.64 Å². The fourth-order valence-corrected chi connectivity index (χ4v) is 9.39. The molecule has 3 aliphatic carbocycles. The number of carbonyl (C=O) groups excluding carboxylic acids is 1. The predicted molar refractivity (Wildman–Crippen MR) is 179 cm³/mol. The first-order valence-corrected chi connectivity index (χ1v) is 18.6. The summed E-state index contributed by atoms with van der Waals surface area (Å²) in [5.74, 6) is -1.06. The molecule has 0 saturated heterocycles. The number of sulfonamides is 1. The SMILES string of the molecule is Cc1cccc(C)c1-c1cc2nc(n1)NS(=O)(=O)c1cccc(c1)C(=O)N([C@H]1CC3(C[C@H](N(C)CC(F)(F)F)C3)C1)[C@H](CC1(C(F)(F)F)CC1)CO2. The van der Waals surface area contributed by atoms with Crippen LogP contribution in [0.5, 0.6) is 5.88 Å². The van der Waals surface area contributed by atoms with E-state index in [0.717, 1.165) is 11.1 Å². The zero-order valence-electron chi connectivity index (χ0n) is 28.8. The van der Waals surface area contributed by atoms with Crippen LogP contribution in [-0.4, -0.2) is 84.8 Å². The molecule has 1 aromatic heterocycles. The summed E-state index contributed by atoms with van der Waals surface area (Å²) in [6.45, 7) is 2.29. The minimum Gasteiger partial charge on any atom is -0.475 e. The molecule has 52 heavy (non-hydrogen) atoms. The van der Waals surface area contributed by atoms with E-state index in [2.05, 4.69) is 14.7 Å². The number of nitrogens with zero attached hydrogens (tertiary/aromatic N) is 4. The van der Waals surface area contributed by atoms with E-state index in [0.29, 0.717) is 36.9 Å². The van der Waals surface area contributed by atoms with Gasteiger partial charge in [-0.05, 0) is 101 Å². The lowest BCUT2D eigenvalue weighted by molar-refractivity contribution is -0.195.